The van der Waals surface area contributed by atoms with Crippen molar-refractivity contribution in [2.24, 2.45) is 0 Å². The molecule has 0 saturated carbocycles. The Bertz CT molecular complexity index is 406. The van der Waals surface area contributed by atoms with E-state index in [4.69, 9.17) is 4.74 Å². The lowest BCUT2D eigenvalue weighted by atomic mass is 10.2. The molecule has 3 heteroatoms. The first-order valence-corrected chi connectivity index (χ1v) is 4.35. The van der Waals surface area contributed by atoms with E-state index in [-0.39, 0.29) is 6.10 Å². The zero-order valence-corrected chi connectivity index (χ0v) is 7.74. The van der Waals surface area contributed by atoms with Crippen LogP contribution in [0.25, 0.3) is 10.9 Å². The molecule has 2 rings (SSSR count). The van der Waals surface area contributed by atoms with Crippen molar-refractivity contribution < 1.29 is 4.74 Å². The molecule has 68 valence electrons. The number of benzene rings is 1. The van der Waals surface area contributed by atoms with Gasteiger partial charge in [-0.25, -0.2) is 0 Å². The Morgan fingerprint density at radius 3 is 3.00 bits per heavy atom. The highest BCUT2D eigenvalue weighted by molar-refractivity contribution is 5.79. The van der Waals surface area contributed by atoms with Crippen LogP contribution < -0.4 is 4.74 Å². The van der Waals surface area contributed by atoms with E-state index in [1.54, 1.807) is 6.20 Å². The molecule has 13 heavy (non-hydrogen) atoms. The molecule has 0 aliphatic heterocycles. The Labute approximate surface area is 76.7 Å². The second kappa shape index (κ2) is 3.09. The van der Waals surface area contributed by atoms with Gasteiger partial charge < -0.3 is 4.74 Å². The maximum Gasteiger partial charge on any atom is 0.120 e. The number of aromatic amines is 1. The molecule has 0 aliphatic carbocycles. The maximum absolute atomic E-state index is 5.55. The van der Waals surface area contributed by atoms with E-state index in [1.165, 1.54) is 0 Å². The number of rotatable bonds is 2. The predicted molar refractivity (Wildman–Crippen MR) is 51.9 cm³/mol. The third-order valence-corrected chi connectivity index (χ3v) is 1.78. The van der Waals surface area contributed by atoms with Crippen molar-refractivity contribution in [2.45, 2.75) is 20.0 Å². The number of nitrogens with zero attached hydrogens (tertiary/aromatic N) is 1. The van der Waals surface area contributed by atoms with Crippen LogP contribution in [-0.4, -0.2) is 16.3 Å². The van der Waals surface area contributed by atoms with Crippen LogP contribution >= 0.6 is 0 Å². The minimum atomic E-state index is 0.212. The van der Waals surface area contributed by atoms with Crippen LogP contribution in [0.4, 0.5) is 0 Å². The second-order valence-electron chi connectivity index (χ2n) is 3.29. The van der Waals surface area contributed by atoms with E-state index in [0.29, 0.717) is 0 Å². The van der Waals surface area contributed by atoms with Gasteiger partial charge in [0.15, 0.2) is 0 Å². The highest BCUT2D eigenvalue weighted by Gasteiger charge is 2.00. The molecule has 0 amide bonds. The van der Waals surface area contributed by atoms with E-state index in [9.17, 15) is 0 Å². The fraction of sp³-hybridized carbons (Fsp3) is 0.300. The van der Waals surface area contributed by atoms with E-state index in [2.05, 4.69) is 10.2 Å². The Balaban J connectivity index is 2.37. The van der Waals surface area contributed by atoms with Crippen LogP contribution in [0, 0.1) is 0 Å². The summed E-state index contributed by atoms with van der Waals surface area (Å²) in [6.07, 6.45) is 2.01. The van der Waals surface area contributed by atoms with Gasteiger partial charge in [0.1, 0.15) is 5.75 Å². The minimum Gasteiger partial charge on any atom is -0.491 e. The molecule has 1 aromatic carbocycles. The molecule has 0 fully saturated rings. The summed E-state index contributed by atoms with van der Waals surface area (Å²) in [5, 5.41) is 7.92. The summed E-state index contributed by atoms with van der Waals surface area (Å²) >= 11 is 0. The second-order valence-corrected chi connectivity index (χ2v) is 3.29. The summed E-state index contributed by atoms with van der Waals surface area (Å²) in [6, 6.07) is 5.90. The van der Waals surface area contributed by atoms with Gasteiger partial charge in [0.05, 0.1) is 17.8 Å². The molecular formula is C10H12N2O. The van der Waals surface area contributed by atoms with Crippen molar-refractivity contribution in [2.75, 3.05) is 0 Å². The zero-order chi connectivity index (χ0) is 9.26. The number of H-pyrrole nitrogens is 1. The average molecular weight is 176 g/mol. The van der Waals surface area contributed by atoms with E-state index >= 15 is 0 Å². The standard InChI is InChI=1S/C10H12N2O/c1-7(2)13-9-3-4-10-8(5-9)6-11-12-10/h3-7H,1-2H3,(H,11,12). The van der Waals surface area contributed by atoms with Crippen molar-refractivity contribution in [1.82, 2.24) is 10.2 Å². The quantitative estimate of drug-likeness (QED) is 0.762. The van der Waals surface area contributed by atoms with Gasteiger partial charge in [0.2, 0.25) is 0 Å². The van der Waals surface area contributed by atoms with Crippen LogP contribution in [-0.2, 0) is 0 Å². The van der Waals surface area contributed by atoms with E-state index in [0.717, 1.165) is 16.7 Å². The van der Waals surface area contributed by atoms with Gasteiger partial charge in [-0.15, -0.1) is 0 Å². The number of nitrogens with one attached hydrogen (secondary N) is 1. The first-order chi connectivity index (χ1) is 6.25. The maximum atomic E-state index is 5.55. The smallest absolute Gasteiger partial charge is 0.120 e. The van der Waals surface area contributed by atoms with Crippen LogP contribution in [0.2, 0.25) is 0 Å². The third kappa shape index (κ3) is 1.64. The normalized spacial score (nSPS) is 11.0. The molecule has 0 aliphatic rings. The SMILES string of the molecule is CC(C)Oc1ccc2[nH]ncc2c1. The number of fused-ring (bicyclic) bond motifs is 1. The lowest BCUT2D eigenvalue weighted by Crippen LogP contribution is -2.04. The number of hydrogen-bond acceptors (Lipinski definition) is 2. The highest BCUT2D eigenvalue weighted by atomic mass is 16.5. The number of ether oxygens (including phenoxy) is 1. The molecular weight excluding hydrogens is 164 g/mol. The molecule has 1 heterocycles. The molecule has 0 unspecified atom stereocenters. The average Bonchev–Trinajstić information content (AvgIpc) is 2.49. The number of aromatic nitrogens is 2. The fourth-order valence-electron chi connectivity index (χ4n) is 1.27. The summed E-state index contributed by atoms with van der Waals surface area (Å²) in [4.78, 5) is 0. The highest BCUT2D eigenvalue weighted by Crippen LogP contribution is 2.19. The number of hydrogen-bond donors (Lipinski definition) is 1. The van der Waals surface area contributed by atoms with Crippen molar-refractivity contribution in [3.8, 4) is 5.75 Å². The largest absolute Gasteiger partial charge is 0.491 e. The molecule has 0 saturated heterocycles. The fourth-order valence-corrected chi connectivity index (χ4v) is 1.27. The summed E-state index contributed by atoms with van der Waals surface area (Å²) in [5.74, 6) is 0.893. The van der Waals surface area contributed by atoms with Crippen LogP contribution in [0.15, 0.2) is 24.4 Å². The van der Waals surface area contributed by atoms with Crippen LogP contribution in [0.1, 0.15) is 13.8 Å². The Hall–Kier alpha value is -1.51. The minimum absolute atomic E-state index is 0.212. The molecule has 0 bridgehead atoms. The van der Waals surface area contributed by atoms with Crippen molar-refractivity contribution in [1.29, 1.82) is 0 Å². The Kier molecular flexibility index (Phi) is 1.93. The predicted octanol–water partition coefficient (Wildman–Crippen LogP) is 2.35. The molecule has 3 nitrogen and oxygen atoms in total. The molecule has 0 atom stereocenters. The van der Waals surface area contributed by atoms with E-state index < -0.39 is 0 Å². The monoisotopic (exact) mass is 176 g/mol. The van der Waals surface area contributed by atoms with Gasteiger partial charge in [-0.2, -0.15) is 5.10 Å². The van der Waals surface area contributed by atoms with Crippen LogP contribution in [0.5, 0.6) is 5.75 Å². The molecule has 1 N–H and O–H groups in total. The van der Waals surface area contributed by atoms with Gasteiger partial charge in [-0.1, -0.05) is 0 Å². The molecule has 0 radical (unpaired) electrons. The lowest BCUT2D eigenvalue weighted by molar-refractivity contribution is 0.243. The Morgan fingerprint density at radius 2 is 2.23 bits per heavy atom. The summed E-state index contributed by atoms with van der Waals surface area (Å²) in [7, 11) is 0. The zero-order valence-electron chi connectivity index (χ0n) is 7.74. The topological polar surface area (TPSA) is 37.9 Å². The van der Waals surface area contributed by atoms with Crippen molar-refractivity contribution in [3.63, 3.8) is 0 Å². The first kappa shape index (κ1) is 8.10. The van der Waals surface area contributed by atoms with Crippen molar-refractivity contribution >= 4 is 10.9 Å². The van der Waals surface area contributed by atoms with Gasteiger partial charge in [-0.3, -0.25) is 5.10 Å². The summed E-state index contributed by atoms with van der Waals surface area (Å²) in [6.45, 7) is 4.03. The summed E-state index contributed by atoms with van der Waals surface area (Å²) in [5.41, 5.74) is 1.04. The van der Waals surface area contributed by atoms with E-state index in [1.807, 2.05) is 32.0 Å². The summed E-state index contributed by atoms with van der Waals surface area (Å²) < 4.78 is 5.55. The molecule has 2 aromatic rings. The van der Waals surface area contributed by atoms with Crippen molar-refractivity contribution in [3.05, 3.63) is 24.4 Å². The first-order valence-electron chi connectivity index (χ1n) is 4.35. The van der Waals surface area contributed by atoms with Gasteiger partial charge in [0.25, 0.3) is 0 Å². The molecule has 0 spiro atoms. The Morgan fingerprint density at radius 1 is 1.38 bits per heavy atom. The van der Waals surface area contributed by atoms with Gasteiger partial charge in [-0.05, 0) is 32.0 Å². The van der Waals surface area contributed by atoms with Crippen LogP contribution in [0.3, 0.4) is 0 Å². The van der Waals surface area contributed by atoms with Gasteiger partial charge in [0, 0.05) is 5.39 Å². The third-order valence-electron chi connectivity index (χ3n) is 1.78. The molecule has 1 aromatic heterocycles. The van der Waals surface area contributed by atoms with Gasteiger partial charge >= 0.3 is 0 Å². The lowest BCUT2D eigenvalue weighted by Gasteiger charge is -2.08.